The fourth-order valence-electron chi connectivity index (χ4n) is 3.06. The molecule has 0 bridgehead atoms. The van der Waals surface area contributed by atoms with Gasteiger partial charge in [0, 0.05) is 5.75 Å². The molecule has 7 heteroatoms. The Morgan fingerprint density at radius 2 is 1.68 bits per heavy atom. The first kappa shape index (κ1) is 25.1. The molecular formula is C27H29N3O3S. The topological polar surface area (TPSA) is 79.8 Å². The van der Waals surface area contributed by atoms with E-state index in [1.54, 1.807) is 30.1 Å². The molecule has 0 saturated heterocycles. The van der Waals surface area contributed by atoms with Crippen molar-refractivity contribution in [2.75, 3.05) is 12.4 Å². The minimum atomic E-state index is -0.190. The van der Waals surface area contributed by atoms with Crippen LogP contribution in [0.5, 0.6) is 5.75 Å². The van der Waals surface area contributed by atoms with E-state index in [2.05, 4.69) is 47.0 Å². The lowest BCUT2D eigenvalue weighted by atomic mass is 10.1. The molecule has 0 aliphatic rings. The Kier molecular flexibility index (Phi) is 9.73. The SMILES string of the molecule is Cc1ccc(CSCC(=O)N/N=C\c2ccc(OCC(=O)N[C@@H](C)c3ccccc3)cc2)cc1. The molecule has 0 saturated carbocycles. The highest BCUT2D eigenvalue weighted by molar-refractivity contribution is 7.99. The van der Waals surface area contributed by atoms with Crippen LogP contribution in [0.1, 0.15) is 35.2 Å². The molecule has 2 amide bonds. The van der Waals surface area contributed by atoms with Gasteiger partial charge in [-0.25, -0.2) is 5.43 Å². The number of ether oxygens (including phenoxy) is 1. The second-order valence-corrected chi connectivity index (χ2v) is 8.81. The first-order chi connectivity index (χ1) is 16.5. The van der Waals surface area contributed by atoms with Crippen LogP contribution < -0.4 is 15.5 Å². The summed E-state index contributed by atoms with van der Waals surface area (Å²) in [7, 11) is 0. The molecule has 3 rings (SSSR count). The molecule has 6 nitrogen and oxygen atoms in total. The molecule has 0 aliphatic heterocycles. The highest BCUT2D eigenvalue weighted by Gasteiger charge is 2.09. The summed E-state index contributed by atoms with van der Waals surface area (Å²) in [6.07, 6.45) is 1.57. The van der Waals surface area contributed by atoms with Crippen LogP contribution in [0.4, 0.5) is 0 Å². The van der Waals surface area contributed by atoms with E-state index in [0.717, 1.165) is 16.9 Å². The first-order valence-corrected chi connectivity index (χ1v) is 12.2. The van der Waals surface area contributed by atoms with E-state index in [0.29, 0.717) is 11.5 Å². The smallest absolute Gasteiger partial charge is 0.258 e. The summed E-state index contributed by atoms with van der Waals surface area (Å²) in [5.74, 6) is 1.36. The van der Waals surface area contributed by atoms with Gasteiger partial charge in [0.25, 0.3) is 5.91 Å². The lowest BCUT2D eigenvalue weighted by Crippen LogP contribution is -2.31. The molecule has 0 aromatic heterocycles. The van der Waals surface area contributed by atoms with E-state index in [9.17, 15) is 9.59 Å². The average Bonchev–Trinajstić information content (AvgIpc) is 2.85. The van der Waals surface area contributed by atoms with Crippen molar-refractivity contribution >= 4 is 29.8 Å². The molecule has 0 radical (unpaired) electrons. The number of hydrogen-bond acceptors (Lipinski definition) is 5. The first-order valence-electron chi connectivity index (χ1n) is 11.0. The lowest BCUT2D eigenvalue weighted by Gasteiger charge is -2.14. The number of hydrogen-bond donors (Lipinski definition) is 2. The van der Waals surface area contributed by atoms with E-state index in [-0.39, 0.29) is 24.5 Å². The average molecular weight is 476 g/mol. The Morgan fingerprint density at radius 3 is 2.38 bits per heavy atom. The number of thioether (sulfide) groups is 1. The normalized spacial score (nSPS) is 11.7. The van der Waals surface area contributed by atoms with E-state index in [4.69, 9.17) is 4.74 Å². The zero-order valence-electron chi connectivity index (χ0n) is 19.4. The van der Waals surface area contributed by atoms with Gasteiger partial charge in [-0.2, -0.15) is 5.10 Å². The largest absolute Gasteiger partial charge is 0.484 e. The summed E-state index contributed by atoms with van der Waals surface area (Å²) in [6, 6.07) is 25.1. The Labute approximate surface area is 204 Å². The standard InChI is InChI=1S/C27H29N3O3S/c1-20-8-10-23(11-9-20)18-34-19-27(32)30-28-16-22-12-14-25(15-13-22)33-17-26(31)29-21(2)24-6-4-3-5-7-24/h3-16,21H,17-19H2,1-2H3,(H,29,31)(H,30,32)/b28-16-/t21-/m0/s1. The molecule has 2 N–H and O–H groups in total. The highest BCUT2D eigenvalue weighted by Crippen LogP contribution is 2.14. The van der Waals surface area contributed by atoms with Crippen molar-refractivity contribution in [1.82, 2.24) is 10.7 Å². The van der Waals surface area contributed by atoms with E-state index >= 15 is 0 Å². The summed E-state index contributed by atoms with van der Waals surface area (Å²) in [5, 5.41) is 6.92. The fourth-order valence-corrected chi connectivity index (χ4v) is 3.84. The van der Waals surface area contributed by atoms with E-state index < -0.39 is 0 Å². The summed E-state index contributed by atoms with van der Waals surface area (Å²) >= 11 is 1.54. The molecule has 176 valence electrons. The molecule has 0 heterocycles. The molecule has 3 aromatic carbocycles. The number of amides is 2. The minimum Gasteiger partial charge on any atom is -0.484 e. The van der Waals surface area contributed by atoms with Crippen molar-refractivity contribution in [3.8, 4) is 5.75 Å². The lowest BCUT2D eigenvalue weighted by molar-refractivity contribution is -0.123. The van der Waals surface area contributed by atoms with Gasteiger partial charge in [0.2, 0.25) is 5.91 Å². The predicted molar refractivity (Wildman–Crippen MR) is 138 cm³/mol. The van der Waals surface area contributed by atoms with Gasteiger partial charge in [-0.1, -0.05) is 60.2 Å². The van der Waals surface area contributed by atoms with Crippen molar-refractivity contribution in [3.63, 3.8) is 0 Å². The fraction of sp³-hybridized carbons (Fsp3) is 0.222. The van der Waals surface area contributed by atoms with Crippen molar-refractivity contribution < 1.29 is 14.3 Å². The van der Waals surface area contributed by atoms with E-state index in [1.807, 2.05) is 49.4 Å². The van der Waals surface area contributed by atoms with Crippen LogP contribution >= 0.6 is 11.8 Å². The number of nitrogens with zero attached hydrogens (tertiary/aromatic N) is 1. The molecule has 0 spiro atoms. The van der Waals surface area contributed by atoms with Crippen LogP contribution in [0.15, 0.2) is 84.0 Å². The van der Waals surface area contributed by atoms with Crippen LogP contribution in [-0.4, -0.2) is 30.4 Å². The van der Waals surface area contributed by atoms with Gasteiger partial charge >= 0.3 is 0 Å². The van der Waals surface area contributed by atoms with E-state index in [1.165, 1.54) is 11.1 Å². The zero-order valence-corrected chi connectivity index (χ0v) is 20.2. The maximum atomic E-state index is 12.1. The number of hydrazone groups is 1. The van der Waals surface area contributed by atoms with Gasteiger partial charge in [0.05, 0.1) is 18.0 Å². The monoisotopic (exact) mass is 475 g/mol. The van der Waals surface area contributed by atoms with Crippen LogP contribution in [0.3, 0.4) is 0 Å². The molecule has 0 fully saturated rings. The van der Waals surface area contributed by atoms with Crippen LogP contribution in [0, 0.1) is 6.92 Å². The molecule has 1 atom stereocenters. The van der Waals surface area contributed by atoms with Gasteiger partial charge in [-0.05, 0) is 54.8 Å². The number of carbonyl (C=O) groups is 2. The van der Waals surface area contributed by atoms with Crippen LogP contribution in [0.2, 0.25) is 0 Å². The van der Waals surface area contributed by atoms with Crippen molar-refractivity contribution in [1.29, 1.82) is 0 Å². The molecule has 3 aromatic rings. The van der Waals surface area contributed by atoms with Gasteiger partial charge in [0.1, 0.15) is 5.75 Å². The number of rotatable bonds is 11. The predicted octanol–water partition coefficient (Wildman–Crippen LogP) is 4.63. The molecule has 34 heavy (non-hydrogen) atoms. The van der Waals surface area contributed by atoms with Crippen molar-refractivity contribution in [2.45, 2.75) is 25.6 Å². The number of benzene rings is 3. The van der Waals surface area contributed by atoms with Gasteiger partial charge < -0.3 is 10.1 Å². The highest BCUT2D eigenvalue weighted by atomic mass is 32.2. The minimum absolute atomic E-state index is 0.0685. The Bertz CT molecular complexity index is 1080. The Balaban J connectivity index is 1.34. The third-order valence-corrected chi connectivity index (χ3v) is 5.96. The summed E-state index contributed by atoms with van der Waals surface area (Å²) < 4.78 is 5.56. The summed E-state index contributed by atoms with van der Waals surface area (Å²) in [4.78, 5) is 24.1. The maximum Gasteiger partial charge on any atom is 0.258 e. The van der Waals surface area contributed by atoms with Crippen molar-refractivity contribution in [3.05, 3.63) is 101 Å². The second-order valence-electron chi connectivity index (χ2n) is 7.83. The Hall–Kier alpha value is -3.58. The van der Waals surface area contributed by atoms with Crippen LogP contribution in [-0.2, 0) is 15.3 Å². The van der Waals surface area contributed by atoms with Crippen molar-refractivity contribution in [2.24, 2.45) is 5.10 Å². The number of aryl methyl sites for hydroxylation is 1. The van der Waals surface area contributed by atoms with Crippen LogP contribution in [0.25, 0.3) is 0 Å². The van der Waals surface area contributed by atoms with Gasteiger partial charge in [-0.15, -0.1) is 11.8 Å². The Morgan fingerprint density at radius 1 is 0.971 bits per heavy atom. The zero-order chi connectivity index (χ0) is 24.2. The number of carbonyl (C=O) groups excluding carboxylic acids is 2. The van der Waals surface area contributed by atoms with Gasteiger partial charge in [0.15, 0.2) is 6.61 Å². The van der Waals surface area contributed by atoms with Gasteiger partial charge in [-0.3, -0.25) is 9.59 Å². The quantitative estimate of drug-likeness (QED) is 0.313. The molecule has 0 unspecified atom stereocenters. The molecule has 0 aliphatic carbocycles. The third kappa shape index (κ3) is 8.75. The summed E-state index contributed by atoms with van der Waals surface area (Å²) in [6.45, 7) is 3.92. The molecular weight excluding hydrogens is 446 g/mol. The second kappa shape index (κ2) is 13.2. The summed E-state index contributed by atoms with van der Waals surface area (Å²) in [5.41, 5.74) is 6.80. The maximum absolute atomic E-state index is 12.1. The third-order valence-electron chi connectivity index (χ3n) is 4.95. The number of nitrogens with one attached hydrogen (secondary N) is 2.